The van der Waals surface area contributed by atoms with Gasteiger partial charge in [0.25, 0.3) is 0 Å². The van der Waals surface area contributed by atoms with Crippen molar-refractivity contribution in [3.63, 3.8) is 0 Å². The quantitative estimate of drug-likeness (QED) is 0.705. The minimum Gasteiger partial charge on any atom is -0.339 e. The summed E-state index contributed by atoms with van der Waals surface area (Å²) in [6.45, 7) is 1.83. The summed E-state index contributed by atoms with van der Waals surface area (Å²) in [6, 6.07) is 6.48. The van der Waals surface area contributed by atoms with Gasteiger partial charge in [0.05, 0.1) is 5.39 Å². The summed E-state index contributed by atoms with van der Waals surface area (Å²) in [4.78, 5) is 9.16. The highest BCUT2D eigenvalue weighted by molar-refractivity contribution is 7.16. The highest BCUT2D eigenvalue weighted by Gasteiger charge is 2.09. The van der Waals surface area contributed by atoms with Gasteiger partial charge < -0.3 is 5.32 Å². The fourth-order valence-corrected chi connectivity index (χ4v) is 2.80. The number of aryl methyl sites for hydroxylation is 1. The van der Waals surface area contributed by atoms with Gasteiger partial charge in [-0.3, -0.25) is 0 Å². The number of thiophene rings is 1. The molecular weight excluding hydrogens is 285 g/mol. The van der Waals surface area contributed by atoms with Crippen molar-refractivity contribution in [3.8, 4) is 0 Å². The summed E-state index contributed by atoms with van der Waals surface area (Å²) in [6.07, 6.45) is 0. The predicted octanol–water partition coefficient (Wildman–Crippen LogP) is 4.54. The molecule has 0 aliphatic rings. The van der Waals surface area contributed by atoms with Crippen molar-refractivity contribution < 1.29 is 4.39 Å². The maximum Gasteiger partial charge on any atom is 0.225 e. The Balaban J connectivity index is 2.07. The van der Waals surface area contributed by atoms with E-state index >= 15 is 0 Å². The zero-order valence-electron chi connectivity index (χ0n) is 9.95. The Hall–Kier alpha value is -1.72. The van der Waals surface area contributed by atoms with Gasteiger partial charge in [-0.1, -0.05) is 0 Å². The molecule has 0 amide bonds. The molecule has 0 radical (unpaired) electrons. The van der Waals surface area contributed by atoms with Gasteiger partial charge in [0.1, 0.15) is 16.5 Å². The molecule has 0 saturated carbocycles. The molecule has 1 N–H and O–H groups in total. The smallest absolute Gasteiger partial charge is 0.225 e. The Morgan fingerprint density at radius 1 is 1.26 bits per heavy atom. The van der Waals surface area contributed by atoms with Crippen molar-refractivity contribution in [3.05, 3.63) is 46.3 Å². The van der Waals surface area contributed by atoms with E-state index in [1.807, 2.05) is 18.4 Å². The lowest BCUT2D eigenvalue weighted by Gasteiger charge is -2.09. The summed E-state index contributed by atoms with van der Waals surface area (Å²) in [5.74, 6) is 0.371. The zero-order valence-corrected chi connectivity index (χ0v) is 11.5. The van der Waals surface area contributed by atoms with E-state index in [2.05, 4.69) is 15.3 Å². The number of aromatic nitrogens is 2. The Morgan fingerprint density at radius 3 is 2.89 bits per heavy atom. The molecule has 0 spiro atoms. The Bertz CT molecular complexity index is 757. The van der Waals surface area contributed by atoms with Crippen molar-refractivity contribution in [1.82, 2.24) is 9.97 Å². The molecule has 0 aliphatic carbocycles. The fourth-order valence-electron chi connectivity index (χ4n) is 1.82. The molecule has 2 heterocycles. The third-order valence-corrected chi connectivity index (χ3v) is 3.71. The minimum atomic E-state index is -0.260. The van der Waals surface area contributed by atoms with Crippen LogP contribution >= 0.6 is 22.9 Å². The van der Waals surface area contributed by atoms with E-state index in [0.717, 1.165) is 21.5 Å². The molecule has 0 atom stereocenters. The summed E-state index contributed by atoms with van der Waals surface area (Å²) in [7, 11) is 0. The number of nitrogens with zero attached hydrogens (tertiary/aromatic N) is 2. The van der Waals surface area contributed by atoms with Crippen LogP contribution in [-0.4, -0.2) is 9.97 Å². The number of nitrogens with one attached hydrogen (secondary N) is 1. The second kappa shape index (κ2) is 4.75. The lowest BCUT2D eigenvalue weighted by atomic mass is 10.2. The molecule has 0 saturated heterocycles. The SMILES string of the molecule is Cc1cc(F)ccc1Nc1nc(Cl)nc2sccc12. The summed E-state index contributed by atoms with van der Waals surface area (Å²) < 4.78 is 13.1. The van der Waals surface area contributed by atoms with E-state index in [9.17, 15) is 4.39 Å². The van der Waals surface area contributed by atoms with Crippen LogP contribution in [-0.2, 0) is 0 Å². The van der Waals surface area contributed by atoms with Gasteiger partial charge in [-0.05, 0) is 53.7 Å². The Labute approximate surface area is 118 Å². The van der Waals surface area contributed by atoms with Crippen LogP contribution in [0.2, 0.25) is 5.28 Å². The molecule has 0 unspecified atom stereocenters. The first-order chi connectivity index (χ1) is 9.13. The van der Waals surface area contributed by atoms with Crippen LogP contribution in [0.1, 0.15) is 5.56 Å². The number of anilines is 2. The van der Waals surface area contributed by atoms with Crippen LogP contribution in [0.4, 0.5) is 15.9 Å². The molecule has 2 aromatic heterocycles. The lowest BCUT2D eigenvalue weighted by Crippen LogP contribution is -1.98. The van der Waals surface area contributed by atoms with Crippen LogP contribution in [0.15, 0.2) is 29.6 Å². The number of hydrogen-bond donors (Lipinski definition) is 1. The van der Waals surface area contributed by atoms with Gasteiger partial charge in [-0.25, -0.2) is 9.37 Å². The topological polar surface area (TPSA) is 37.8 Å². The van der Waals surface area contributed by atoms with Crippen molar-refractivity contribution in [2.45, 2.75) is 6.92 Å². The van der Waals surface area contributed by atoms with E-state index < -0.39 is 0 Å². The third kappa shape index (κ3) is 2.39. The fraction of sp³-hybridized carbons (Fsp3) is 0.0769. The molecular formula is C13H9ClFN3S. The van der Waals surface area contributed by atoms with Crippen LogP contribution in [0, 0.1) is 12.7 Å². The molecule has 3 nitrogen and oxygen atoms in total. The van der Waals surface area contributed by atoms with E-state index in [1.165, 1.54) is 23.5 Å². The Morgan fingerprint density at radius 2 is 2.11 bits per heavy atom. The van der Waals surface area contributed by atoms with Crippen LogP contribution < -0.4 is 5.32 Å². The standard InChI is InChI=1S/C13H9ClFN3S/c1-7-6-8(15)2-3-10(7)16-11-9-4-5-19-12(9)18-13(14)17-11/h2-6H,1H3,(H,16,17,18). The average Bonchev–Trinajstić information content (AvgIpc) is 2.80. The van der Waals surface area contributed by atoms with Crippen LogP contribution in [0.25, 0.3) is 10.2 Å². The number of halogens is 2. The van der Waals surface area contributed by atoms with Crippen molar-refractivity contribution >= 4 is 44.7 Å². The van der Waals surface area contributed by atoms with E-state index in [0.29, 0.717) is 5.82 Å². The second-order valence-electron chi connectivity index (χ2n) is 4.06. The molecule has 1 aromatic carbocycles. The van der Waals surface area contributed by atoms with E-state index in [4.69, 9.17) is 11.6 Å². The largest absolute Gasteiger partial charge is 0.339 e. The monoisotopic (exact) mass is 293 g/mol. The molecule has 0 aliphatic heterocycles. The summed E-state index contributed by atoms with van der Waals surface area (Å²) in [5, 5.41) is 6.20. The molecule has 3 rings (SSSR count). The number of benzene rings is 1. The van der Waals surface area contributed by atoms with Crippen molar-refractivity contribution in [1.29, 1.82) is 0 Å². The summed E-state index contributed by atoms with van der Waals surface area (Å²) >= 11 is 7.39. The third-order valence-electron chi connectivity index (χ3n) is 2.74. The molecule has 19 heavy (non-hydrogen) atoms. The minimum absolute atomic E-state index is 0.192. The molecule has 96 valence electrons. The first kappa shape index (κ1) is 12.3. The van der Waals surface area contributed by atoms with Crippen molar-refractivity contribution in [2.75, 3.05) is 5.32 Å². The van der Waals surface area contributed by atoms with Gasteiger partial charge >= 0.3 is 0 Å². The van der Waals surface area contributed by atoms with Crippen LogP contribution in [0.5, 0.6) is 0 Å². The molecule has 0 bridgehead atoms. The first-order valence-electron chi connectivity index (χ1n) is 5.57. The lowest BCUT2D eigenvalue weighted by molar-refractivity contribution is 0.627. The zero-order chi connectivity index (χ0) is 13.4. The summed E-state index contributed by atoms with van der Waals surface area (Å²) in [5.41, 5.74) is 1.60. The van der Waals surface area contributed by atoms with E-state index in [1.54, 1.807) is 6.07 Å². The molecule has 3 aromatic rings. The number of fused-ring (bicyclic) bond motifs is 1. The Kier molecular flexibility index (Phi) is 3.08. The number of hydrogen-bond acceptors (Lipinski definition) is 4. The van der Waals surface area contributed by atoms with Gasteiger partial charge in [0, 0.05) is 5.69 Å². The maximum absolute atomic E-state index is 13.1. The normalized spacial score (nSPS) is 10.9. The molecule has 0 fully saturated rings. The van der Waals surface area contributed by atoms with Gasteiger partial charge in [-0.2, -0.15) is 4.98 Å². The average molecular weight is 294 g/mol. The van der Waals surface area contributed by atoms with E-state index in [-0.39, 0.29) is 11.1 Å². The highest BCUT2D eigenvalue weighted by atomic mass is 35.5. The first-order valence-corrected chi connectivity index (χ1v) is 6.83. The highest BCUT2D eigenvalue weighted by Crippen LogP contribution is 2.29. The maximum atomic E-state index is 13.1. The van der Waals surface area contributed by atoms with Crippen LogP contribution in [0.3, 0.4) is 0 Å². The van der Waals surface area contributed by atoms with Gasteiger partial charge in [0.2, 0.25) is 5.28 Å². The predicted molar refractivity (Wildman–Crippen MR) is 76.8 cm³/mol. The number of rotatable bonds is 2. The van der Waals surface area contributed by atoms with Gasteiger partial charge in [-0.15, -0.1) is 11.3 Å². The van der Waals surface area contributed by atoms with Crippen molar-refractivity contribution in [2.24, 2.45) is 0 Å². The molecule has 6 heteroatoms. The second-order valence-corrected chi connectivity index (χ2v) is 5.30. The van der Waals surface area contributed by atoms with Gasteiger partial charge in [0.15, 0.2) is 0 Å².